The molecule has 8 heteroatoms. The number of fused-ring (bicyclic) bond motifs is 2. The Morgan fingerprint density at radius 1 is 1.11 bits per heavy atom. The first kappa shape index (κ1) is 16.8. The average Bonchev–Trinajstić information content (AvgIpc) is 3.48. The number of hydrogen-bond donors (Lipinski definition) is 0. The van der Waals surface area contributed by atoms with Gasteiger partial charge in [0.15, 0.2) is 0 Å². The Balaban J connectivity index is 1.55. The van der Waals surface area contributed by atoms with Gasteiger partial charge in [0, 0.05) is 28.8 Å². The molecule has 0 spiro atoms. The summed E-state index contributed by atoms with van der Waals surface area (Å²) in [6.45, 7) is 0.553. The molecule has 1 fully saturated rings. The van der Waals surface area contributed by atoms with Crippen molar-refractivity contribution in [1.29, 1.82) is 0 Å². The Bertz CT molecular complexity index is 1090. The molecule has 2 amide bonds. The van der Waals surface area contributed by atoms with Crippen molar-refractivity contribution < 1.29 is 18.0 Å². The lowest BCUT2D eigenvalue weighted by Crippen LogP contribution is -2.35. The first-order valence-corrected chi connectivity index (χ1v) is 11.2. The molecule has 27 heavy (non-hydrogen) atoms. The molecular formula is C19H16N2O4S2. The zero-order chi connectivity index (χ0) is 18.8. The molecule has 2 aliphatic heterocycles. The molecule has 0 unspecified atom stereocenters. The van der Waals surface area contributed by atoms with Crippen molar-refractivity contribution >= 4 is 39.3 Å². The SMILES string of the molecule is O=C(c1ccc2c(c1)S(=O)(=O)N(C1CC1)C2=O)N1CCSc2ccccc21. The molecule has 1 saturated carbocycles. The van der Waals surface area contributed by atoms with Gasteiger partial charge >= 0.3 is 0 Å². The van der Waals surface area contributed by atoms with Gasteiger partial charge in [0.1, 0.15) is 4.90 Å². The summed E-state index contributed by atoms with van der Waals surface area (Å²) < 4.78 is 26.6. The Labute approximate surface area is 161 Å². The molecule has 138 valence electrons. The molecule has 2 aromatic rings. The van der Waals surface area contributed by atoms with Gasteiger partial charge in [-0.2, -0.15) is 0 Å². The van der Waals surface area contributed by atoms with Gasteiger partial charge in [0.2, 0.25) is 0 Å². The molecular weight excluding hydrogens is 384 g/mol. The number of anilines is 1. The second kappa shape index (κ2) is 5.84. The van der Waals surface area contributed by atoms with E-state index >= 15 is 0 Å². The molecule has 1 aliphatic carbocycles. The highest BCUT2D eigenvalue weighted by molar-refractivity contribution is 7.99. The molecule has 0 bridgehead atoms. The quantitative estimate of drug-likeness (QED) is 0.775. The van der Waals surface area contributed by atoms with E-state index in [2.05, 4.69) is 0 Å². The molecule has 0 atom stereocenters. The Morgan fingerprint density at radius 2 is 1.89 bits per heavy atom. The number of hydrogen-bond acceptors (Lipinski definition) is 5. The predicted molar refractivity (Wildman–Crippen MR) is 102 cm³/mol. The lowest BCUT2D eigenvalue weighted by atomic mass is 10.1. The van der Waals surface area contributed by atoms with Gasteiger partial charge < -0.3 is 4.90 Å². The van der Waals surface area contributed by atoms with Crippen molar-refractivity contribution in [2.75, 3.05) is 17.2 Å². The number of amides is 2. The number of rotatable bonds is 2. The second-order valence-electron chi connectivity index (χ2n) is 6.82. The zero-order valence-corrected chi connectivity index (χ0v) is 15.9. The minimum atomic E-state index is -3.87. The number of carbonyl (C=O) groups is 2. The minimum absolute atomic E-state index is 0.0510. The number of carbonyl (C=O) groups excluding carboxylic acids is 2. The molecule has 6 nitrogen and oxygen atoms in total. The van der Waals surface area contributed by atoms with E-state index in [1.165, 1.54) is 12.1 Å². The molecule has 0 radical (unpaired) electrons. The summed E-state index contributed by atoms with van der Waals surface area (Å²) in [5, 5.41) is 0. The van der Waals surface area contributed by atoms with Crippen LogP contribution in [0.3, 0.4) is 0 Å². The zero-order valence-electron chi connectivity index (χ0n) is 14.3. The van der Waals surface area contributed by atoms with Gasteiger partial charge in [-0.1, -0.05) is 12.1 Å². The molecule has 0 aromatic heterocycles. The van der Waals surface area contributed by atoms with Crippen LogP contribution >= 0.6 is 11.8 Å². The summed E-state index contributed by atoms with van der Waals surface area (Å²) in [5.74, 6) is 0.0456. The van der Waals surface area contributed by atoms with Crippen LogP contribution in [0, 0.1) is 0 Å². The van der Waals surface area contributed by atoms with Crippen LogP contribution in [-0.2, 0) is 10.0 Å². The standard InChI is InChI=1S/C19H16N2O4S2/c22-18(20-9-10-26-16-4-2-1-3-15(16)20)12-5-8-14-17(11-12)27(24,25)21(19(14)23)13-6-7-13/h1-5,8,11,13H,6-7,9-10H2. The van der Waals surface area contributed by atoms with Crippen molar-refractivity contribution in [3.05, 3.63) is 53.6 Å². The van der Waals surface area contributed by atoms with E-state index in [0.29, 0.717) is 19.4 Å². The Morgan fingerprint density at radius 3 is 2.67 bits per heavy atom. The van der Waals surface area contributed by atoms with E-state index in [9.17, 15) is 18.0 Å². The van der Waals surface area contributed by atoms with E-state index in [1.807, 2.05) is 24.3 Å². The van der Waals surface area contributed by atoms with Crippen molar-refractivity contribution in [2.24, 2.45) is 0 Å². The molecule has 0 saturated heterocycles. The van der Waals surface area contributed by atoms with Crippen LogP contribution < -0.4 is 4.90 Å². The molecule has 2 aromatic carbocycles. The second-order valence-corrected chi connectivity index (χ2v) is 9.74. The Kier molecular flexibility index (Phi) is 3.64. The summed E-state index contributed by atoms with van der Waals surface area (Å²) in [5.41, 5.74) is 1.27. The minimum Gasteiger partial charge on any atom is -0.306 e. The maximum atomic E-state index is 13.1. The molecule has 0 N–H and O–H groups in total. The van der Waals surface area contributed by atoms with Gasteiger partial charge in [-0.05, 0) is 43.2 Å². The van der Waals surface area contributed by atoms with Gasteiger partial charge in [0.05, 0.1) is 11.3 Å². The van der Waals surface area contributed by atoms with Crippen molar-refractivity contribution in [3.8, 4) is 0 Å². The fourth-order valence-electron chi connectivity index (χ4n) is 3.59. The smallest absolute Gasteiger partial charge is 0.269 e. The topological polar surface area (TPSA) is 74.8 Å². The highest BCUT2D eigenvalue weighted by Gasteiger charge is 2.49. The van der Waals surface area contributed by atoms with Crippen molar-refractivity contribution in [1.82, 2.24) is 4.31 Å². The van der Waals surface area contributed by atoms with Gasteiger partial charge in [0.25, 0.3) is 21.8 Å². The largest absolute Gasteiger partial charge is 0.306 e. The summed E-state index contributed by atoms with van der Waals surface area (Å²) in [6.07, 6.45) is 1.40. The monoisotopic (exact) mass is 400 g/mol. The summed E-state index contributed by atoms with van der Waals surface area (Å²) in [4.78, 5) is 28.2. The highest BCUT2D eigenvalue weighted by Crippen LogP contribution is 2.40. The van der Waals surface area contributed by atoms with Crippen LogP contribution in [0.5, 0.6) is 0 Å². The van der Waals surface area contributed by atoms with Crippen molar-refractivity contribution in [3.63, 3.8) is 0 Å². The number of sulfonamides is 1. The number of nitrogens with zero attached hydrogens (tertiary/aromatic N) is 2. The van der Waals surface area contributed by atoms with E-state index in [0.717, 1.165) is 20.6 Å². The number of benzene rings is 2. The van der Waals surface area contributed by atoms with Gasteiger partial charge in [-0.15, -0.1) is 11.8 Å². The molecule has 3 aliphatic rings. The summed E-state index contributed by atoms with van der Waals surface area (Å²) in [7, 11) is -3.87. The van der Waals surface area contributed by atoms with E-state index in [1.54, 1.807) is 22.7 Å². The first-order valence-electron chi connectivity index (χ1n) is 8.75. The van der Waals surface area contributed by atoms with Gasteiger partial charge in [-0.25, -0.2) is 12.7 Å². The van der Waals surface area contributed by atoms with Crippen LogP contribution in [0.15, 0.2) is 52.3 Å². The van der Waals surface area contributed by atoms with E-state index < -0.39 is 15.9 Å². The maximum Gasteiger partial charge on any atom is 0.269 e. The summed E-state index contributed by atoms with van der Waals surface area (Å²) >= 11 is 1.69. The van der Waals surface area contributed by atoms with Crippen LogP contribution in [0.2, 0.25) is 0 Å². The lowest BCUT2D eigenvalue weighted by molar-refractivity contribution is 0.0864. The summed E-state index contributed by atoms with van der Waals surface area (Å²) in [6, 6.07) is 11.8. The predicted octanol–water partition coefficient (Wildman–Crippen LogP) is 2.75. The van der Waals surface area contributed by atoms with Crippen molar-refractivity contribution in [2.45, 2.75) is 28.7 Å². The lowest BCUT2D eigenvalue weighted by Gasteiger charge is -2.29. The third kappa shape index (κ3) is 2.50. The van der Waals surface area contributed by atoms with Gasteiger partial charge in [-0.3, -0.25) is 9.59 Å². The Hall–Kier alpha value is -2.32. The fraction of sp³-hybridized carbons (Fsp3) is 0.263. The van der Waals surface area contributed by atoms with Crippen LogP contribution in [0.1, 0.15) is 33.6 Å². The fourth-order valence-corrected chi connectivity index (χ4v) is 6.42. The maximum absolute atomic E-state index is 13.1. The third-order valence-electron chi connectivity index (χ3n) is 5.05. The van der Waals surface area contributed by atoms with E-state index in [4.69, 9.17) is 0 Å². The van der Waals surface area contributed by atoms with E-state index in [-0.39, 0.29) is 28.0 Å². The number of thioether (sulfide) groups is 1. The van der Waals surface area contributed by atoms with Crippen LogP contribution in [0.25, 0.3) is 0 Å². The highest BCUT2D eigenvalue weighted by atomic mass is 32.2. The normalized spacial score (nSPS) is 20.4. The van der Waals surface area contributed by atoms with Crippen LogP contribution in [0.4, 0.5) is 5.69 Å². The first-order chi connectivity index (χ1) is 13.0. The third-order valence-corrected chi connectivity index (χ3v) is 7.97. The average molecular weight is 400 g/mol. The number of para-hydroxylation sites is 1. The molecule has 5 rings (SSSR count). The van der Waals surface area contributed by atoms with Crippen LogP contribution in [-0.4, -0.2) is 42.9 Å². The molecule has 2 heterocycles.